The lowest BCUT2D eigenvalue weighted by Gasteiger charge is -2.40. The number of fused-ring (bicyclic) bond motifs is 1. The Labute approximate surface area is 159 Å². The number of methoxy groups -OCH3 is 1. The van der Waals surface area contributed by atoms with E-state index in [1.54, 1.807) is 33.1 Å². The van der Waals surface area contributed by atoms with Gasteiger partial charge in [0.15, 0.2) is 6.10 Å². The second-order valence-corrected chi connectivity index (χ2v) is 7.34. The van der Waals surface area contributed by atoms with Crippen LogP contribution in [0, 0.1) is 6.92 Å². The molecule has 0 unspecified atom stereocenters. The lowest BCUT2D eigenvalue weighted by atomic mass is 9.97. The van der Waals surface area contributed by atoms with Gasteiger partial charge in [-0.15, -0.1) is 0 Å². The Hall–Kier alpha value is -2.50. The molecule has 0 N–H and O–H groups in total. The predicted molar refractivity (Wildman–Crippen MR) is 102 cm³/mol. The molecule has 2 heterocycles. The average molecular weight is 373 g/mol. The standard InChI is InChI=1S/C21H27NO5/c1-12-7-6-8-13(2)22(12)20(23)15(4)26-21(24)19-14(3)17-11-16(25-5)9-10-18(17)27-19/h9-13,15H,6-8H2,1-5H3/t12-,13-,15-/m1/s1. The van der Waals surface area contributed by atoms with Gasteiger partial charge in [0.25, 0.3) is 5.91 Å². The summed E-state index contributed by atoms with van der Waals surface area (Å²) in [5.41, 5.74) is 1.26. The number of benzene rings is 1. The molecule has 2 aromatic rings. The first-order chi connectivity index (χ1) is 12.8. The van der Waals surface area contributed by atoms with Crippen molar-refractivity contribution in [1.29, 1.82) is 0 Å². The first-order valence-corrected chi connectivity index (χ1v) is 9.43. The number of nitrogens with zero attached hydrogens (tertiary/aromatic N) is 1. The number of carbonyl (C=O) groups is 2. The highest BCUT2D eigenvalue weighted by atomic mass is 16.6. The maximum atomic E-state index is 12.8. The number of esters is 1. The van der Waals surface area contributed by atoms with Crippen molar-refractivity contribution in [3.05, 3.63) is 29.5 Å². The molecule has 3 atom stereocenters. The average Bonchev–Trinajstić information content (AvgIpc) is 2.97. The number of carbonyl (C=O) groups excluding carboxylic acids is 2. The van der Waals surface area contributed by atoms with Crippen LogP contribution in [0.2, 0.25) is 0 Å². The van der Waals surface area contributed by atoms with Crippen LogP contribution >= 0.6 is 0 Å². The number of likely N-dealkylation sites (tertiary alicyclic amines) is 1. The second kappa shape index (κ2) is 7.62. The van der Waals surface area contributed by atoms with E-state index >= 15 is 0 Å². The van der Waals surface area contributed by atoms with Crippen LogP contribution in [0.1, 0.15) is 56.2 Å². The molecule has 0 radical (unpaired) electrons. The van der Waals surface area contributed by atoms with Crippen molar-refractivity contribution < 1.29 is 23.5 Å². The molecule has 0 aliphatic carbocycles. The molecule has 6 heteroatoms. The minimum absolute atomic E-state index is 0.123. The third-order valence-electron chi connectivity index (χ3n) is 5.41. The van der Waals surface area contributed by atoms with Crippen LogP contribution in [-0.4, -0.2) is 42.1 Å². The lowest BCUT2D eigenvalue weighted by molar-refractivity contribution is -0.146. The fourth-order valence-electron chi connectivity index (χ4n) is 3.85. The Balaban J connectivity index is 1.77. The number of ether oxygens (including phenoxy) is 2. The smallest absolute Gasteiger partial charge is 0.375 e. The molecular weight excluding hydrogens is 346 g/mol. The van der Waals surface area contributed by atoms with E-state index in [1.165, 1.54) is 0 Å². The monoisotopic (exact) mass is 373 g/mol. The number of piperidine rings is 1. The second-order valence-electron chi connectivity index (χ2n) is 7.34. The van der Waals surface area contributed by atoms with Gasteiger partial charge in [-0.2, -0.15) is 0 Å². The molecular formula is C21H27NO5. The van der Waals surface area contributed by atoms with E-state index in [1.807, 2.05) is 24.8 Å². The Kier molecular flexibility index (Phi) is 5.44. The maximum Gasteiger partial charge on any atom is 0.375 e. The fourth-order valence-corrected chi connectivity index (χ4v) is 3.85. The van der Waals surface area contributed by atoms with Crippen molar-refractivity contribution in [3.63, 3.8) is 0 Å². The van der Waals surface area contributed by atoms with E-state index in [0.717, 1.165) is 24.6 Å². The largest absolute Gasteiger partial charge is 0.497 e. The Bertz CT molecular complexity index is 846. The summed E-state index contributed by atoms with van der Waals surface area (Å²) < 4.78 is 16.4. The van der Waals surface area contributed by atoms with E-state index in [0.29, 0.717) is 16.9 Å². The van der Waals surface area contributed by atoms with Gasteiger partial charge in [-0.3, -0.25) is 4.79 Å². The Morgan fingerprint density at radius 3 is 2.52 bits per heavy atom. The van der Waals surface area contributed by atoms with Crippen LogP contribution in [0.3, 0.4) is 0 Å². The molecule has 1 fully saturated rings. The van der Waals surface area contributed by atoms with Gasteiger partial charge in [0.05, 0.1) is 7.11 Å². The molecule has 27 heavy (non-hydrogen) atoms. The van der Waals surface area contributed by atoms with Crippen molar-refractivity contribution in [3.8, 4) is 5.75 Å². The quantitative estimate of drug-likeness (QED) is 0.755. The number of aryl methyl sites for hydroxylation is 1. The zero-order chi connectivity index (χ0) is 19.7. The number of amides is 1. The molecule has 1 aromatic carbocycles. The number of furan rings is 1. The summed E-state index contributed by atoms with van der Waals surface area (Å²) in [5.74, 6) is 0.0277. The lowest BCUT2D eigenvalue weighted by Crippen LogP contribution is -2.51. The summed E-state index contributed by atoms with van der Waals surface area (Å²) in [7, 11) is 1.58. The van der Waals surface area contributed by atoms with Gasteiger partial charge in [0, 0.05) is 23.0 Å². The molecule has 1 aliphatic rings. The van der Waals surface area contributed by atoms with E-state index < -0.39 is 12.1 Å². The van der Waals surface area contributed by atoms with Gasteiger partial charge in [0.1, 0.15) is 11.3 Å². The predicted octanol–water partition coefficient (Wildman–Crippen LogP) is 4.08. The van der Waals surface area contributed by atoms with Crippen LogP contribution in [-0.2, 0) is 9.53 Å². The van der Waals surface area contributed by atoms with Gasteiger partial charge in [0.2, 0.25) is 5.76 Å². The third kappa shape index (κ3) is 3.66. The SMILES string of the molecule is COc1ccc2oc(C(=O)O[C@H](C)C(=O)N3[C@H](C)CCC[C@H]3C)c(C)c2c1. The van der Waals surface area contributed by atoms with Crippen molar-refractivity contribution >= 4 is 22.8 Å². The Morgan fingerprint density at radius 1 is 1.22 bits per heavy atom. The molecule has 0 saturated carbocycles. The minimum atomic E-state index is -0.859. The summed E-state index contributed by atoms with van der Waals surface area (Å²) in [5, 5.41) is 0.790. The summed E-state index contributed by atoms with van der Waals surface area (Å²) >= 11 is 0. The molecule has 1 saturated heterocycles. The molecule has 0 spiro atoms. The van der Waals surface area contributed by atoms with E-state index in [2.05, 4.69) is 0 Å². The molecule has 146 valence electrons. The Morgan fingerprint density at radius 2 is 1.89 bits per heavy atom. The van der Waals surface area contributed by atoms with Crippen LogP contribution in [0.25, 0.3) is 11.0 Å². The fraction of sp³-hybridized carbons (Fsp3) is 0.524. The molecule has 3 rings (SSSR count). The minimum Gasteiger partial charge on any atom is -0.497 e. The first-order valence-electron chi connectivity index (χ1n) is 9.43. The zero-order valence-electron chi connectivity index (χ0n) is 16.6. The first kappa shape index (κ1) is 19.3. The van der Waals surface area contributed by atoms with Crippen LogP contribution in [0.15, 0.2) is 22.6 Å². The van der Waals surface area contributed by atoms with Crippen LogP contribution in [0.5, 0.6) is 5.75 Å². The van der Waals surface area contributed by atoms with E-state index in [-0.39, 0.29) is 23.8 Å². The normalized spacial score (nSPS) is 21.1. The highest BCUT2D eigenvalue weighted by Gasteiger charge is 2.34. The van der Waals surface area contributed by atoms with Gasteiger partial charge in [-0.1, -0.05) is 0 Å². The summed E-state index contributed by atoms with van der Waals surface area (Å²) in [6.45, 7) is 7.50. The number of hydrogen-bond acceptors (Lipinski definition) is 5. The third-order valence-corrected chi connectivity index (χ3v) is 5.41. The van der Waals surface area contributed by atoms with Gasteiger partial charge < -0.3 is 18.8 Å². The highest BCUT2D eigenvalue weighted by molar-refractivity contribution is 5.97. The summed E-state index contributed by atoms with van der Waals surface area (Å²) in [6.07, 6.45) is 2.20. The van der Waals surface area contributed by atoms with Crippen molar-refractivity contribution in [2.75, 3.05) is 7.11 Å². The van der Waals surface area contributed by atoms with Gasteiger partial charge in [-0.25, -0.2) is 4.79 Å². The zero-order valence-corrected chi connectivity index (χ0v) is 16.6. The molecule has 0 bridgehead atoms. The van der Waals surface area contributed by atoms with Crippen molar-refractivity contribution in [1.82, 2.24) is 4.90 Å². The molecule has 6 nitrogen and oxygen atoms in total. The number of rotatable bonds is 4. The molecule has 1 amide bonds. The topological polar surface area (TPSA) is 69.0 Å². The van der Waals surface area contributed by atoms with Gasteiger partial charge in [-0.05, 0) is 65.2 Å². The molecule has 1 aromatic heterocycles. The highest BCUT2D eigenvalue weighted by Crippen LogP contribution is 2.30. The summed E-state index contributed by atoms with van der Waals surface area (Å²) in [4.78, 5) is 27.3. The van der Waals surface area contributed by atoms with Gasteiger partial charge >= 0.3 is 5.97 Å². The maximum absolute atomic E-state index is 12.8. The van der Waals surface area contributed by atoms with Crippen LogP contribution < -0.4 is 4.74 Å². The van der Waals surface area contributed by atoms with Crippen molar-refractivity contribution in [2.24, 2.45) is 0 Å². The number of hydrogen-bond donors (Lipinski definition) is 0. The van der Waals surface area contributed by atoms with E-state index in [4.69, 9.17) is 13.9 Å². The van der Waals surface area contributed by atoms with Crippen molar-refractivity contribution in [2.45, 2.75) is 65.1 Å². The molecule has 1 aliphatic heterocycles. The van der Waals surface area contributed by atoms with Crippen LogP contribution in [0.4, 0.5) is 0 Å². The van der Waals surface area contributed by atoms with E-state index in [9.17, 15) is 9.59 Å². The summed E-state index contributed by atoms with van der Waals surface area (Å²) in [6, 6.07) is 5.65.